The number of hydrogen-bond acceptors (Lipinski definition) is 5. The average molecular weight is 505 g/mol. The van der Waals surface area contributed by atoms with Gasteiger partial charge in [0.15, 0.2) is 12.4 Å². The van der Waals surface area contributed by atoms with Gasteiger partial charge in [0, 0.05) is 18.5 Å². The third kappa shape index (κ3) is 4.00. The number of fused-ring (bicyclic) bond motifs is 3. The summed E-state index contributed by atoms with van der Waals surface area (Å²) in [6.45, 7) is 2.57. The molecule has 0 unspecified atom stereocenters. The van der Waals surface area contributed by atoms with Crippen LogP contribution in [0.5, 0.6) is 6.01 Å². The number of rotatable bonds is 4. The number of piperazine rings is 1. The SMILES string of the molecule is C=Cc1cc2c(N3C[C@H]4CC[C@@H](C3)N4C(=O)O)nc(OCC(F)(F)F)nc2c(F)c1Br. The Balaban J connectivity index is 1.81. The number of carboxylic acid groups (broad SMARTS) is 1. The van der Waals surface area contributed by atoms with Crippen molar-refractivity contribution in [3.63, 3.8) is 0 Å². The number of aromatic nitrogens is 2. The second kappa shape index (κ2) is 7.81. The summed E-state index contributed by atoms with van der Waals surface area (Å²) >= 11 is 3.12. The maximum Gasteiger partial charge on any atom is 0.422 e. The highest BCUT2D eigenvalue weighted by molar-refractivity contribution is 9.10. The lowest BCUT2D eigenvalue weighted by Crippen LogP contribution is -2.55. The number of anilines is 1. The third-order valence-corrected chi connectivity index (χ3v) is 6.25. The zero-order valence-electron chi connectivity index (χ0n) is 16.0. The van der Waals surface area contributed by atoms with Crippen molar-refractivity contribution in [2.75, 3.05) is 24.6 Å². The maximum atomic E-state index is 15.0. The van der Waals surface area contributed by atoms with Gasteiger partial charge in [-0.2, -0.15) is 23.1 Å². The lowest BCUT2D eigenvalue weighted by atomic mass is 10.1. The van der Waals surface area contributed by atoms with Crippen LogP contribution in [0.1, 0.15) is 18.4 Å². The van der Waals surface area contributed by atoms with E-state index in [4.69, 9.17) is 4.74 Å². The highest BCUT2D eigenvalue weighted by Gasteiger charge is 2.43. The number of nitrogens with zero attached hydrogens (tertiary/aromatic N) is 4. The van der Waals surface area contributed by atoms with Crippen molar-refractivity contribution in [3.05, 3.63) is 28.5 Å². The highest BCUT2D eigenvalue weighted by Crippen LogP contribution is 2.38. The smallest absolute Gasteiger partial charge is 0.422 e. The Hall–Kier alpha value is -2.63. The molecule has 2 atom stereocenters. The van der Waals surface area contributed by atoms with E-state index in [1.807, 2.05) is 0 Å². The Kier molecular flexibility index (Phi) is 5.44. The molecule has 0 saturated carbocycles. The Morgan fingerprint density at radius 3 is 2.52 bits per heavy atom. The van der Waals surface area contributed by atoms with Crippen molar-refractivity contribution in [1.29, 1.82) is 0 Å². The van der Waals surface area contributed by atoms with Crippen LogP contribution in [0.2, 0.25) is 0 Å². The van der Waals surface area contributed by atoms with E-state index in [1.54, 1.807) is 11.0 Å². The summed E-state index contributed by atoms with van der Waals surface area (Å²) < 4.78 is 57.7. The topological polar surface area (TPSA) is 78.8 Å². The zero-order chi connectivity index (χ0) is 22.5. The largest absolute Gasteiger partial charge is 0.465 e. The molecule has 1 amide bonds. The molecular weight excluding hydrogens is 488 g/mol. The Labute approximate surface area is 182 Å². The molecule has 1 aromatic carbocycles. The van der Waals surface area contributed by atoms with Crippen molar-refractivity contribution in [2.24, 2.45) is 0 Å². The lowest BCUT2D eigenvalue weighted by molar-refractivity contribution is -0.154. The first-order valence-corrected chi connectivity index (χ1v) is 10.2. The highest BCUT2D eigenvalue weighted by atomic mass is 79.9. The number of halogens is 5. The first-order chi connectivity index (χ1) is 14.6. The van der Waals surface area contributed by atoms with E-state index < -0.39 is 30.7 Å². The Morgan fingerprint density at radius 1 is 1.32 bits per heavy atom. The van der Waals surface area contributed by atoms with E-state index in [1.165, 1.54) is 11.0 Å². The molecule has 1 N–H and O–H groups in total. The van der Waals surface area contributed by atoms with Crippen molar-refractivity contribution >= 4 is 44.8 Å². The summed E-state index contributed by atoms with van der Waals surface area (Å²) in [7, 11) is 0. The van der Waals surface area contributed by atoms with Crippen LogP contribution in [-0.4, -0.2) is 64.0 Å². The van der Waals surface area contributed by atoms with Crippen LogP contribution in [-0.2, 0) is 0 Å². The lowest BCUT2D eigenvalue weighted by Gasteiger charge is -2.40. The Morgan fingerprint density at radius 2 is 1.97 bits per heavy atom. The van der Waals surface area contributed by atoms with Gasteiger partial charge in [0.2, 0.25) is 0 Å². The summed E-state index contributed by atoms with van der Waals surface area (Å²) in [5.41, 5.74) is 0.221. The monoisotopic (exact) mass is 504 g/mol. The normalized spacial score (nSPS) is 20.9. The molecule has 2 bridgehead atoms. The van der Waals surface area contributed by atoms with Crippen LogP contribution in [0, 0.1) is 5.82 Å². The number of alkyl halides is 3. The van der Waals surface area contributed by atoms with Crippen LogP contribution >= 0.6 is 15.9 Å². The van der Waals surface area contributed by atoms with Crippen LogP contribution in [0.15, 0.2) is 17.1 Å². The van der Waals surface area contributed by atoms with Gasteiger partial charge in [-0.25, -0.2) is 9.18 Å². The first kappa shape index (κ1) is 21.6. The minimum absolute atomic E-state index is 0.0668. The number of benzene rings is 1. The number of amides is 1. The summed E-state index contributed by atoms with van der Waals surface area (Å²) in [6, 6.07) is 0.397. The number of hydrogen-bond donors (Lipinski definition) is 1. The molecule has 4 rings (SSSR count). The van der Waals surface area contributed by atoms with Gasteiger partial charge in [-0.05, 0) is 40.4 Å². The van der Waals surface area contributed by atoms with Crippen molar-refractivity contribution in [2.45, 2.75) is 31.1 Å². The molecule has 7 nitrogen and oxygen atoms in total. The second-order valence-electron chi connectivity index (χ2n) is 7.41. The predicted octanol–water partition coefficient (Wildman–Crippen LogP) is 4.45. The van der Waals surface area contributed by atoms with Crippen LogP contribution in [0.25, 0.3) is 17.0 Å². The molecule has 2 aliphatic rings. The van der Waals surface area contributed by atoms with E-state index >= 15 is 4.39 Å². The second-order valence-corrected chi connectivity index (χ2v) is 8.20. The molecule has 2 saturated heterocycles. The molecule has 12 heteroatoms. The maximum absolute atomic E-state index is 15.0. The zero-order valence-corrected chi connectivity index (χ0v) is 17.6. The van der Waals surface area contributed by atoms with Gasteiger partial charge in [-0.15, -0.1) is 0 Å². The Bertz CT molecular complexity index is 1050. The molecule has 0 spiro atoms. The molecule has 3 heterocycles. The summed E-state index contributed by atoms with van der Waals surface area (Å²) in [4.78, 5) is 22.7. The number of carbonyl (C=O) groups is 1. The van der Waals surface area contributed by atoms with E-state index in [0.29, 0.717) is 18.4 Å². The van der Waals surface area contributed by atoms with Crippen molar-refractivity contribution < 1.29 is 32.2 Å². The van der Waals surface area contributed by atoms with Gasteiger partial charge in [0.1, 0.15) is 11.3 Å². The number of ether oxygens (including phenoxy) is 1. The fraction of sp³-hybridized carbons (Fsp3) is 0.421. The van der Waals surface area contributed by atoms with E-state index in [9.17, 15) is 23.1 Å². The van der Waals surface area contributed by atoms with Crippen LogP contribution in [0.4, 0.5) is 28.2 Å². The fourth-order valence-corrected chi connectivity index (χ4v) is 4.64. The van der Waals surface area contributed by atoms with Gasteiger partial charge in [0.25, 0.3) is 0 Å². The van der Waals surface area contributed by atoms with Crippen LogP contribution in [0.3, 0.4) is 0 Å². The summed E-state index contributed by atoms with van der Waals surface area (Å²) in [5, 5.41) is 9.74. The molecule has 2 fully saturated rings. The van der Waals surface area contributed by atoms with E-state index in [0.717, 1.165) is 0 Å². The van der Waals surface area contributed by atoms with Gasteiger partial charge < -0.3 is 14.7 Å². The molecule has 0 radical (unpaired) electrons. The predicted molar refractivity (Wildman–Crippen MR) is 108 cm³/mol. The molecule has 2 aromatic rings. The molecule has 0 aliphatic carbocycles. The standard InChI is InChI=1S/C19H17BrF4N4O3/c1-2-9-5-12-15(14(21)13(9)20)25-17(31-8-19(22,23)24)26-16(12)27-6-10-3-4-11(7-27)28(10)18(29)30/h2,5,10-11H,1,3-4,6-8H2,(H,29,30)/t10-,11+. The van der Waals surface area contributed by atoms with Gasteiger partial charge >= 0.3 is 18.3 Å². The molecule has 166 valence electrons. The molecule has 1 aromatic heterocycles. The summed E-state index contributed by atoms with van der Waals surface area (Å²) in [6.07, 6.45) is -2.89. The third-order valence-electron chi connectivity index (χ3n) is 5.45. The summed E-state index contributed by atoms with van der Waals surface area (Å²) in [5.74, 6) is -0.585. The van der Waals surface area contributed by atoms with Crippen LogP contribution < -0.4 is 9.64 Å². The van der Waals surface area contributed by atoms with E-state index in [2.05, 4.69) is 32.5 Å². The molecule has 31 heavy (non-hydrogen) atoms. The minimum atomic E-state index is -4.61. The molecular formula is C19H17BrF4N4O3. The van der Waals surface area contributed by atoms with Gasteiger partial charge in [-0.1, -0.05) is 12.7 Å². The minimum Gasteiger partial charge on any atom is -0.465 e. The molecule has 2 aliphatic heterocycles. The first-order valence-electron chi connectivity index (χ1n) is 9.37. The van der Waals surface area contributed by atoms with Crippen molar-refractivity contribution in [3.8, 4) is 6.01 Å². The van der Waals surface area contributed by atoms with E-state index in [-0.39, 0.29) is 46.4 Å². The van der Waals surface area contributed by atoms with Gasteiger partial charge in [0.05, 0.1) is 16.6 Å². The quantitative estimate of drug-likeness (QED) is 0.620. The fourth-order valence-electron chi connectivity index (χ4n) is 4.18. The van der Waals surface area contributed by atoms with Crippen molar-refractivity contribution in [1.82, 2.24) is 14.9 Å². The average Bonchev–Trinajstić information content (AvgIpc) is 2.98. The van der Waals surface area contributed by atoms with Gasteiger partial charge in [-0.3, -0.25) is 4.90 Å².